The highest BCUT2D eigenvalue weighted by Gasteiger charge is 2.08. The molecule has 0 saturated carbocycles. The maximum Gasteiger partial charge on any atom is 0.271 e. The van der Waals surface area contributed by atoms with E-state index in [-0.39, 0.29) is 17.4 Å². The summed E-state index contributed by atoms with van der Waals surface area (Å²) >= 11 is 0. The summed E-state index contributed by atoms with van der Waals surface area (Å²) in [6.45, 7) is 1.10. The van der Waals surface area contributed by atoms with Crippen LogP contribution in [0.15, 0.2) is 60.9 Å². The maximum atomic E-state index is 12.9. The van der Waals surface area contributed by atoms with Crippen molar-refractivity contribution in [3.8, 4) is 5.75 Å². The largest absolute Gasteiger partial charge is 0.496 e. The Kier molecular flexibility index (Phi) is 7.10. The smallest absolute Gasteiger partial charge is 0.271 e. The van der Waals surface area contributed by atoms with Crippen LogP contribution in [0.25, 0.3) is 0 Å². The molecule has 1 aromatic heterocycles. The molecule has 3 aromatic rings. The fraction of sp³-hybridized carbons (Fsp3) is 0.227. The van der Waals surface area contributed by atoms with Crippen LogP contribution in [-0.2, 0) is 12.8 Å². The van der Waals surface area contributed by atoms with E-state index in [2.05, 4.69) is 20.6 Å². The Hall–Kier alpha value is -3.48. The molecule has 0 unspecified atom stereocenters. The number of hydrogen-bond acceptors (Lipinski definition) is 5. The maximum absolute atomic E-state index is 12.9. The second kappa shape index (κ2) is 10.2. The molecular weight excluding hydrogens is 371 g/mol. The lowest BCUT2D eigenvalue weighted by Crippen LogP contribution is -2.26. The zero-order valence-electron chi connectivity index (χ0n) is 16.2. The van der Waals surface area contributed by atoms with Crippen molar-refractivity contribution in [1.29, 1.82) is 0 Å². The van der Waals surface area contributed by atoms with Crippen molar-refractivity contribution in [2.75, 3.05) is 25.5 Å². The number of nitrogens with one attached hydrogen (secondary N) is 2. The van der Waals surface area contributed by atoms with Crippen molar-refractivity contribution in [2.45, 2.75) is 12.8 Å². The number of hydrogen-bond donors (Lipinski definition) is 2. The van der Waals surface area contributed by atoms with Crippen molar-refractivity contribution in [3.63, 3.8) is 0 Å². The van der Waals surface area contributed by atoms with Gasteiger partial charge in [-0.05, 0) is 42.2 Å². The number of amides is 1. The van der Waals surface area contributed by atoms with E-state index in [4.69, 9.17) is 4.74 Å². The number of benzene rings is 2. The first kappa shape index (κ1) is 20.3. The first-order valence-corrected chi connectivity index (χ1v) is 9.36. The van der Waals surface area contributed by atoms with Gasteiger partial charge in [-0.25, -0.2) is 14.4 Å². The number of aromatic nitrogens is 2. The lowest BCUT2D eigenvalue weighted by molar-refractivity contribution is 0.0948. The van der Waals surface area contributed by atoms with Crippen LogP contribution in [-0.4, -0.2) is 36.1 Å². The van der Waals surface area contributed by atoms with Crippen LogP contribution in [0.5, 0.6) is 5.75 Å². The lowest BCUT2D eigenvalue weighted by Gasteiger charge is -2.09. The predicted octanol–water partition coefficient (Wildman–Crippen LogP) is 3.25. The van der Waals surface area contributed by atoms with Crippen LogP contribution >= 0.6 is 0 Å². The Morgan fingerprint density at radius 3 is 2.52 bits per heavy atom. The molecular formula is C22H23FN4O2. The van der Waals surface area contributed by atoms with Crippen molar-refractivity contribution in [3.05, 3.63) is 83.6 Å². The molecule has 0 aliphatic rings. The van der Waals surface area contributed by atoms with Gasteiger partial charge in [0.05, 0.1) is 19.5 Å². The third kappa shape index (κ3) is 6.00. The first-order chi connectivity index (χ1) is 14.2. The summed E-state index contributed by atoms with van der Waals surface area (Å²) in [6, 6.07) is 14.1. The van der Waals surface area contributed by atoms with Crippen LogP contribution < -0.4 is 15.4 Å². The van der Waals surface area contributed by atoms with Crippen LogP contribution in [0.1, 0.15) is 21.6 Å². The number of methoxy groups -OCH3 is 1. The Bertz CT molecular complexity index is 930. The zero-order chi connectivity index (χ0) is 20.5. The highest BCUT2D eigenvalue weighted by molar-refractivity contribution is 5.92. The molecule has 0 aliphatic carbocycles. The van der Waals surface area contributed by atoms with Gasteiger partial charge in [0.2, 0.25) is 0 Å². The number of halogens is 1. The van der Waals surface area contributed by atoms with Gasteiger partial charge in [0.25, 0.3) is 5.91 Å². The molecule has 2 aromatic carbocycles. The highest BCUT2D eigenvalue weighted by Crippen LogP contribution is 2.17. The van der Waals surface area contributed by atoms with E-state index >= 15 is 0 Å². The molecule has 0 radical (unpaired) electrons. The average molecular weight is 394 g/mol. The second-order valence-electron chi connectivity index (χ2n) is 6.41. The molecule has 0 saturated heterocycles. The number of anilines is 1. The van der Waals surface area contributed by atoms with Crippen molar-refractivity contribution >= 4 is 11.7 Å². The molecule has 29 heavy (non-hydrogen) atoms. The van der Waals surface area contributed by atoms with Gasteiger partial charge >= 0.3 is 0 Å². The van der Waals surface area contributed by atoms with Gasteiger partial charge in [0, 0.05) is 13.1 Å². The summed E-state index contributed by atoms with van der Waals surface area (Å²) in [5, 5.41) is 5.98. The normalized spacial score (nSPS) is 10.4. The van der Waals surface area contributed by atoms with Gasteiger partial charge in [0.15, 0.2) is 0 Å². The summed E-state index contributed by atoms with van der Waals surface area (Å²) in [6.07, 6.45) is 4.36. The standard InChI is InChI=1S/C22H23FN4O2/c1-29-20-5-3-2-4-17(20)11-13-25-22(28)19-14-27-21(15-26-19)24-12-10-16-6-8-18(23)9-7-16/h2-9,14-15H,10-13H2,1H3,(H,24,27)(H,25,28). The average Bonchev–Trinajstić information content (AvgIpc) is 2.76. The van der Waals surface area contributed by atoms with E-state index in [0.717, 1.165) is 23.3 Å². The molecule has 1 heterocycles. The zero-order valence-corrected chi connectivity index (χ0v) is 16.2. The highest BCUT2D eigenvalue weighted by atomic mass is 19.1. The Balaban J connectivity index is 1.44. The Labute approximate surface area is 169 Å². The summed E-state index contributed by atoms with van der Waals surface area (Å²) in [5.41, 5.74) is 2.31. The van der Waals surface area contributed by atoms with Crippen molar-refractivity contribution in [1.82, 2.24) is 15.3 Å². The SMILES string of the molecule is COc1ccccc1CCNC(=O)c1cnc(NCCc2ccc(F)cc2)cn1. The first-order valence-electron chi connectivity index (χ1n) is 9.36. The van der Waals surface area contributed by atoms with Crippen LogP contribution in [0, 0.1) is 5.82 Å². The molecule has 0 aliphatic heterocycles. The van der Waals surface area contributed by atoms with Gasteiger partial charge in [-0.1, -0.05) is 30.3 Å². The van der Waals surface area contributed by atoms with Crippen LogP contribution in [0.3, 0.4) is 0 Å². The summed E-state index contributed by atoms with van der Waals surface area (Å²) in [4.78, 5) is 20.6. The summed E-state index contributed by atoms with van der Waals surface area (Å²) < 4.78 is 18.2. The number of ether oxygens (including phenoxy) is 1. The minimum absolute atomic E-state index is 0.246. The fourth-order valence-corrected chi connectivity index (χ4v) is 2.83. The monoisotopic (exact) mass is 394 g/mol. The Morgan fingerprint density at radius 1 is 1.00 bits per heavy atom. The molecule has 6 nitrogen and oxygen atoms in total. The number of carbonyl (C=O) groups is 1. The van der Waals surface area contributed by atoms with E-state index in [1.807, 2.05) is 24.3 Å². The van der Waals surface area contributed by atoms with Gasteiger partial charge in [-0.3, -0.25) is 4.79 Å². The minimum atomic E-state index is -0.273. The molecule has 3 rings (SSSR count). The third-order valence-corrected chi connectivity index (χ3v) is 4.39. The second-order valence-corrected chi connectivity index (χ2v) is 6.41. The topological polar surface area (TPSA) is 76.1 Å². The molecule has 0 atom stereocenters. The van der Waals surface area contributed by atoms with Gasteiger partial charge in [-0.2, -0.15) is 0 Å². The summed E-state index contributed by atoms with van der Waals surface area (Å²) in [5.74, 6) is 0.866. The predicted molar refractivity (Wildman–Crippen MR) is 110 cm³/mol. The lowest BCUT2D eigenvalue weighted by atomic mass is 10.1. The van der Waals surface area contributed by atoms with Crippen LogP contribution in [0.2, 0.25) is 0 Å². The molecule has 2 N–H and O–H groups in total. The molecule has 150 valence electrons. The molecule has 0 fully saturated rings. The number of nitrogens with zero attached hydrogens (tertiary/aromatic N) is 2. The number of carbonyl (C=O) groups excluding carboxylic acids is 1. The van der Waals surface area contributed by atoms with E-state index in [1.165, 1.54) is 24.5 Å². The van der Waals surface area contributed by atoms with Crippen molar-refractivity contribution in [2.24, 2.45) is 0 Å². The minimum Gasteiger partial charge on any atom is -0.496 e. The van der Waals surface area contributed by atoms with E-state index in [1.54, 1.807) is 19.2 Å². The number of rotatable bonds is 9. The van der Waals surface area contributed by atoms with Gasteiger partial charge in [-0.15, -0.1) is 0 Å². The summed E-state index contributed by atoms with van der Waals surface area (Å²) in [7, 11) is 1.63. The van der Waals surface area contributed by atoms with Crippen molar-refractivity contribution < 1.29 is 13.9 Å². The molecule has 7 heteroatoms. The van der Waals surface area contributed by atoms with Crippen LogP contribution in [0.4, 0.5) is 10.2 Å². The molecule has 0 spiro atoms. The van der Waals surface area contributed by atoms with Gasteiger partial charge < -0.3 is 15.4 Å². The third-order valence-electron chi connectivity index (χ3n) is 4.39. The quantitative estimate of drug-likeness (QED) is 0.583. The Morgan fingerprint density at radius 2 is 1.79 bits per heavy atom. The van der Waals surface area contributed by atoms with E-state index in [0.29, 0.717) is 25.3 Å². The fourth-order valence-electron chi connectivity index (χ4n) is 2.83. The molecule has 0 bridgehead atoms. The van der Waals surface area contributed by atoms with E-state index in [9.17, 15) is 9.18 Å². The number of para-hydroxylation sites is 1. The van der Waals surface area contributed by atoms with Gasteiger partial charge in [0.1, 0.15) is 23.1 Å². The molecule has 1 amide bonds. The van der Waals surface area contributed by atoms with E-state index < -0.39 is 0 Å².